The molecule has 0 saturated heterocycles. The van der Waals surface area contributed by atoms with E-state index in [0.29, 0.717) is 5.92 Å². The van der Waals surface area contributed by atoms with Crippen LogP contribution < -0.4 is 2.81 Å². The van der Waals surface area contributed by atoms with Crippen molar-refractivity contribution in [2.75, 3.05) is 0 Å². The van der Waals surface area contributed by atoms with Crippen LogP contribution in [0.2, 0.25) is 0 Å². The molecule has 0 heterocycles. The minimum absolute atomic E-state index is 0.605. The third-order valence-corrected chi connectivity index (χ3v) is 2.24. The quantitative estimate of drug-likeness (QED) is 0.753. The summed E-state index contributed by atoms with van der Waals surface area (Å²) in [6, 6.07) is 8.27. The molecule has 1 nitrogen and oxygen atoms in total. The third kappa shape index (κ3) is 2.45. The van der Waals surface area contributed by atoms with Crippen LogP contribution in [0.3, 0.4) is 0 Å². The molecule has 0 unspecified atom stereocenters. The van der Waals surface area contributed by atoms with Gasteiger partial charge in [-0.3, -0.25) is 0 Å². The maximum absolute atomic E-state index is 5.14. The number of hydrogen-bond acceptors (Lipinski definition) is 1. The van der Waals surface area contributed by atoms with Gasteiger partial charge in [0.25, 0.3) is 0 Å². The Morgan fingerprint density at radius 3 is 2.09 bits per heavy atom. The van der Waals surface area contributed by atoms with Gasteiger partial charge in [0.1, 0.15) is 0 Å². The second-order valence-corrected chi connectivity index (χ2v) is 3.33. The topological polar surface area (TPSA) is 9.23 Å². The van der Waals surface area contributed by atoms with Crippen molar-refractivity contribution in [1.29, 1.82) is 0 Å². The summed E-state index contributed by atoms with van der Waals surface area (Å²) in [4.78, 5) is 0. The van der Waals surface area contributed by atoms with Gasteiger partial charge < -0.3 is 0 Å². The predicted octanol–water partition coefficient (Wildman–Crippen LogP) is 2.65. The van der Waals surface area contributed by atoms with E-state index in [1.54, 1.807) is 0 Å². The molecule has 0 aliphatic heterocycles. The Morgan fingerprint density at radius 2 is 1.73 bits per heavy atom. The van der Waals surface area contributed by atoms with E-state index in [0.717, 1.165) is 30.9 Å². The number of benzene rings is 1. The third-order valence-electron chi connectivity index (χ3n) is 1.66. The van der Waals surface area contributed by atoms with Crippen molar-refractivity contribution in [3.8, 4) is 5.75 Å². The first-order valence-electron chi connectivity index (χ1n) is 3.67. The molecule has 1 aromatic rings. The summed E-state index contributed by atoms with van der Waals surface area (Å²) in [5, 5.41) is 0. The summed E-state index contributed by atoms with van der Waals surface area (Å²) < 4.78 is 5.14. The summed E-state index contributed by atoms with van der Waals surface area (Å²) in [7, 11) is 0. The van der Waals surface area contributed by atoms with E-state index in [1.165, 1.54) is 5.56 Å². The molecule has 0 fully saturated rings. The van der Waals surface area contributed by atoms with Gasteiger partial charge in [0.2, 0.25) is 0 Å². The van der Waals surface area contributed by atoms with Crippen LogP contribution in [0.25, 0.3) is 0 Å². The van der Waals surface area contributed by atoms with E-state index < -0.39 is 0 Å². The van der Waals surface area contributed by atoms with E-state index in [4.69, 9.17) is 2.81 Å². The molecule has 1 rings (SSSR count). The molecule has 0 N–H and O–H groups in total. The van der Waals surface area contributed by atoms with Crippen molar-refractivity contribution >= 4 is 0 Å². The fourth-order valence-corrected chi connectivity index (χ4v) is 1.26. The molecule has 57 valence electrons. The molecular weight excluding hydrogens is 215 g/mol. The Morgan fingerprint density at radius 1 is 1.18 bits per heavy atom. The van der Waals surface area contributed by atoms with Gasteiger partial charge in [0.05, 0.1) is 0 Å². The van der Waals surface area contributed by atoms with Gasteiger partial charge in [-0.05, 0) is 0 Å². The Hall–Kier alpha value is -0.0969. The zero-order valence-corrected chi connectivity index (χ0v) is 9.25. The second kappa shape index (κ2) is 4.06. The summed E-state index contributed by atoms with van der Waals surface area (Å²) >= 11 is 1.09. The van der Waals surface area contributed by atoms with Gasteiger partial charge in [0, 0.05) is 0 Å². The van der Waals surface area contributed by atoms with E-state index in [9.17, 15) is 0 Å². The van der Waals surface area contributed by atoms with Crippen LogP contribution >= 0.6 is 0 Å². The normalized spacial score (nSPS) is 10.0. The first kappa shape index (κ1) is 8.99. The molecule has 2 heteroatoms. The van der Waals surface area contributed by atoms with Crippen LogP contribution in [-0.4, -0.2) is 0 Å². The molecule has 0 atom stereocenters. The monoisotopic (exact) mass is 225 g/mol. The van der Waals surface area contributed by atoms with Crippen LogP contribution in [0.1, 0.15) is 25.3 Å². The van der Waals surface area contributed by atoms with Crippen molar-refractivity contribution in [2.45, 2.75) is 19.8 Å². The standard InChI is InChI=1S/C9H12O.Zr/c1-7(2)8-3-5-9(10)6-4-8;/h3-7,10H,1-2H3;/q;+1/p-1. The molecule has 0 radical (unpaired) electrons. The summed E-state index contributed by atoms with van der Waals surface area (Å²) in [6.07, 6.45) is 0. The summed E-state index contributed by atoms with van der Waals surface area (Å²) in [5.74, 6) is 1.57. The van der Waals surface area contributed by atoms with Crippen LogP contribution in [0.5, 0.6) is 5.75 Å². The van der Waals surface area contributed by atoms with E-state index in [2.05, 4.69) is 26.0 Å². The van der Waals surface area contributed by atoms with Crippen molar-refractivity contribution in [1.82, 2.24) is 0 Å². The molecule has 0 spiro atoms. The molecule has 0 amide bonds. The van der Waals surface area contributed by atoms with Gasteiger partial charge >= 0.3 is 83.3 Å². The van der Waals surface area contributed by atoms with Gasteiger partial charge in [-0.1, -0.05) is 0 Å². The Balaban J connectivity index is 2.83. The maximum atomic E-state index is 5.14. The Bertz CT molecular complexity index is 216. The fourth-order valence-electron chi connectivity index (χ4n) is 0.921. The first-order chi connectivity index (χ1) is 5.24. The van der Waals surface area contributed by atoms with E-state index in [1.807, 2.05) is 12.1 Å². The zero-order valence-electron chi connectivity index (χ0n) is 6.79. The molecule has 0 bridgehead atoms. The molecule has 0 aliphatic rings. The molecule has 11 heavy (non-hydrogen) atoms. The SMILES string of the molecule is CC(C)c1ccc([O][Zr])cc1. The van der Waals surface area contributed by atoms with Crippen LogP contribution in [0, 0.1) is 0 Å². The van der Waals surface area contributed by atoms with Crippen LogP contribution in [0.15, 0.2) is 24.3 Å². The zero-order chi connectivity index (χ0) is 8.27. The van der Waals surface area contributed by atoms with Crippen LogP contribution in [-0.2, 0) is 25.2 Å². The first-order valence-corrected chi connectivity index (χ1v) is 4.68. The van der Waals surface area contributed by atoms with Gasteiger partial charge in [-0.15, -0.1) is 0 Å². The molecule has 0 aromatic heterocycles. The van der Waals surface area contributed by atoms with Gasteiger partial charge in [0.15, 0.2) is 0 Å². The second-order valence-electron chi connectivity index (χ2n) is 2.83. The summed E-state index contributed by atoms with van der Waals surface area (Å²) in [6.45, 7) is 4.38. The summed E-state index contributed by atoms with van der Waals surface area (Å²) in [5.41, 5.74) is 1.36. The van der Waals surface area contributed by atoms with Crippen molar-refractivity contribution in [2.24, 2.45) is 0 Å². The average Bonchev–Trinajstić information content (AvgIpc) is 2.05. The minimum atomic E-state index is 0.605. The van der Waals surface area contributed by atoms with Crippen molar-refractivity contribution < 1.29 is 28.0 Å². The van der Waals surface area contributed by atoms with Crippen molar-refractivity contribution in [3.63, 3.8) is 0 Å². The average molecular weight is 226 g/mol. The van der Waals surface area contributed by atoms with Crippen molar-refractivity contribution in [3.05, 3.63) is 29.8 Å². The predicted molar refractivity (Wildman–Crippen MR) is 41.2 cm³/mol. The van der Waals surface area contributed by atoms with E-state index in [-0.39, 0.29) is 0 Å². The number of hydrogen-bond donors (Lipinski definition) is 0. The number of rotatable bonds is 2. The fraction of sp³-hybridized carbons (Fsp3) is 0.333. The molecule has 0 aliphatic carbocycles. The van der Waals surface area contributed by atoms with Gasteiger partial charge in [-0.2, -0.15) is 0 Å². The molecule has 0 saturated carbocycles. The molecular formula is C9H11OZr. The van der Waals surface area contributed by atoms with E-state index >= 15 is 0 Å². The van der Waals surface area contributed by atoms with Crippen LogP contribution in [0.4, 0.5) is 0 Å². The Labute approximate surface area is 83.2 Å². The van der Waals surface area contributed by atoms with Gasteiger partial charge in [-0.25, -0.2) is 0 Å². The Kier molecular flexibility index (Phi) is 3.32. The molecule has 1 aromatic carbocycles.